The number of carbonyl (C=O) groups excluding carboxylic acids is 1. The molecule has 1 aromatic rings. The van der Waals surface area contributed by atoms with Gasteiger partial charge in [-0.15, -0.1) is 0 Å². The number of likely N-dealkylation sites (N-methyl/N-ethyl adjacent to an activating group) is 1. The number of amides is 1. The topological polar surface area (TPSA) is 92.9 Å². The van der Waals surface area contributed by atoms with Crippen LogP contribution in [0.1, 0.15) is 29.6 Å². The maximum absolute atomic E-state index is 12.3. The van der Waals surface area contributed by atoms with Crippen molar-refractivity contribution >= 4 is 23.3 Å². The van der Waals surface area contributed by atoms with Gasteiger partial charge in [0.15, 0.2) is 0 Å². The summed E-state index contributed by atoms with van der Waals surface area (Å²) in [5.74, 6) is -1.20. The van der Waals surface area contributed by atoms with Crippen LogP contribution < -0.4 is 10.6 Å². The Morgan fingerprint density at radius 1 is 1.40 bits per heavy atom. The lowest BCUT2D eigenvalue weighted by molar-refractivity contribution is -0.132. The molecule has 0 aromatic heterocycles. The Bertz CT molecular complexity index is 524. The minimum Gasteiger partial charge on any atom is -0.478 e. The van der Waals surface area contributed by atoms with Crippen molar-refractivity contribution in [1.29, 1.82) is 0 Å². The lowest BCUT2D eigenvalue weighted by Gasteiger charge is -2.27. The fraction of sp³-hybridized carbons (Fsp3) is 0.429. The van der Waals surface area contributed by atoms with E-state index in [0.717, 1.165) is 12.8 Å². The first kappa shape index (κ1) is 14.3. The number of nitrogens with zero attached hydrogens (tertiary/aromatic N) is 1. The Hall–Kier alpha value is -2.08. The van der Waals surface area contributed by atoms with Gasteiger partial charge in [0, 0.05) is 13.7 Å². The molecular formula is C14H18N2O4. The Balaban J connectivity index is 2.17. The average Bonchev–Trinajstić information content (AvgIpc) is 2.46. The van der Waals surface area contributed by atoms with E-state index >= 15 is 0 Å². The molecule has 1 aliphatic rings. The molecule has 6 nitrogen and oxygen atoms in total. The standard InChI is InChI=1S/C14H18N2O4/c1-16(13(17)12-4-2-3-7-20-12)11-6-5-9(14(18)19)8-10(11)15/h5-6,8,12H,2-4,7,15H2,1H3,(H,18,19). The molecule has 0 radical (unpaired) electrons. The van der Waals surface area contributed by atoms with Crippen LogP contribution in [0.25, 0.3) is 0 Å². The van der Waals surface area contributed by atoms with E-state index in [2.05, 4.69) is 0 Å². The van der Waals surface area contributed by atoms with Crippen LogP contribution in [0.2, 0.25) is 0 Å². The van der Waals surface area contributed by atoms with Crippen LogP contribution in [0, 0.1) is 0 Å². The summed E-state index contributed by atoms with van der Waals surface area (Å²) in [5, 5.41) is 8.90. The van der Waals surface area contributed by atoms with Crippen LogP contribution in [-0.2, 0) is 9.53 Å². The van der Waals surface area contributed by atoms with Crippen LogP contribution in [-0.4, -0.2) is 36.7 Å². The maximum Gasteiger partial charge on any atom is 0.335 e. The van der Waals surface area contributed by atoms with Gasteiger partial charge >= 0.3 is 5.97 Å². The Labute approximate surface area is 117 Å². The van der Waals surface area contributed by atoms with Gasteiger partial charge in [-0.3, -0.25) is 4.79 Å². The largest absolute Gasteiger partial charge is 0.478 e. The molecule has 1 atom stereocenters. The Morgan fingerprint density at radius 3 is 2.70 bits per heavy atom. The summed E-state index contributed by atoms with van der Waals surface area (Å²) in [7, 11) is 1.62. The number of carboxylic acids is 1. The van der Waals surface area contributed by atoms with Crippen LogP contribution in [0.3, 0.4) is 0 Å². The third-order valence-corrected chi connectivity index (χ3v) is 3.42. The zero-order valence-electron chi connectivity index (χ0n) is 11.3. The number of hydrogen-bond donors (Lipinski definition) is 2. The number of carboxylic acid groups (broad SMARTS) is 1. The second-order valence-corrected chi connectivity index (χ2v) is 4.83. The van der Waals surface area contributed by atoms with Gasteiger partial charge < -0.3 is 20.5 Å². The van der Waals surface area contributed by atoms with Crippen LogP contribution >= 0.6 is 0 Å². The number of nitrogens with two attached hydrogens (primary N) is 1. The first-order valence-electron chi connectivity index (χ1n) is 6.52. The molecule has 0 spiro atoms. The van der Waals surface area contributed by atoms with Gasteiger partial charge in [0.2, 0.25) is 0 Å². The summed E-state index contributed by atoms with van der Waals surface area (Å²) in [6.07, 6.45) is 2.21. The van der Waals surface area contributed by atoms with Crippen LogP contribution in [0.4, 0.5) is 11.4 Å². The molecule has 108 valence electrons. The van der Waals surface area contributed by atoms with Gasteiger partial charge in [-0.25, -0.2) is 4.79 Å². The molecule has 3 N–H and O–H groups in total. The summed E-state index contributed by atoms with van der Waals surface area (Å²) in [6.45, 7) is 0.595. The molecule has 1 aliphatic heterocycles. The monoisotopic (exact) mass is 278 g/mol. The summed E-state index contributed by atoms with van der Waals surface area (Å²) >= 11 is 0. The van der Waals surface area contributed by atoms with Crippen molar-refractivity contribution in [3.05, 3.63) is 23.8 Å². The second-order valence-electron chi connectivity index (χ2n) is 4.83. The zero-order valence-corrected chi connectivity index (χ0v) is 11.3. The molecule has 1 fully saturated rings. The third-order valence-electron chi connectivity index (χ3n) is 3.42. The van der Waals surface area contributed by atoms with Crippen molar-refractivity contribution < 1.29 is 19.4 Å². The average molecular weight is 278 g/mol. The smallest absolute Gasteiger partial charge is 0.335 e. The lowest BCUT2D eigenvalue weighted by atomic mass is 10.1. The van der Waals surface area contributed by atoms with Crippen LogP contribution in [0.5, 0.6) is 0 Å². The van der Waals surface area contributed by atoms with E-state index in [1.54, 1.807) is 13.1 Å². The van der Waals surface area contributed by atoms with Crippen molar-refractivity contribution in [2.24, 2.45) is 0 Å². The molecule has 1 saturated heterocycles. The lowest BCUT2D eigenvalue weighted by Crippen LogP contribution is -2.40. The molecule has 0 aliphatic carbocycles. The number of carbonyl (C=O) groups is 2. The fourth-order valence-electron chi connectivity index (χ4n) is 2.26. The molecule has 1 amide bonds. The highest BCUT2D eigenvalue weighted by molar-refractivity contribution is 6.00. The van der Waals surface area contributed by atoms with E-state index < -0.39 is 12.1 Å². The predicted molar refractivity (Wildman–Crippen MR) is 74.8 cm³/mol. The van der Waals surface area contributed by atoms with E-state index in [-0.39, 0.29) is 17.2 Å². The summed E-state index contributed by atoms with van der Waals surface area (Å²) in [5.41, 5.74) is 6.68. The van der Waals surface area contributed by atoms with Crippen molar-refractivity contribution in [2.75, 3.05) is 24.3 Å². The van der Waals surface area contributed by atoms with Crippen molar-refractivity contribution in [3.63, 3.8) is 0 Å². The summed E-state index contributed by atoms with van der Waals surface area (Å²) < 4.78 is 5.46. The number of hydrogen-bond acceptors (Lipinski definition) is 4. The number of benzene rings is 1. The quantitative estimate of drug-likeness (QED) is 0.817. The molecule has 1 aromatic carbocycles. The molecule has 1 unspecified atom stereocenters. The minimum atomic E-state index is -1.05. The van der Waals surface area contributed by atoms with E-state index in [0.29, 0.717) is 18.7 Å². The van der Waals surface area contributed by atoms with E-state index in [1.807, 2.05) is 0 Å². The zero-order chi connectivity index (χ0) is 14.7. The first-order valence-corrected chi connectivity index (χ1v) is 6.52. The highest BCUT2D eigenvalue weighted by atomic mass is 16.5. The van der Waals surface area contributed by atoms with Gasteiger partial charge in [0.1, 0.15) is 6.10 Å². The highest BCUT2D eigenvalue weighted by Gasteiger charge is 2.26. The van der Waals surface area contributed by atoms with Gasteiger partial charge in [-0.05, 0) is 37.5 Å². The molecule has 0 bridgehead atoms. The fourth-order valence-corrected chi connectivity index (χ4v) is 2.26. The van der Waals surface area contributed by atoms with Gasteiger partial charge in [0.25, 0.3) is 5.91 Å². The molecule has 20 heavy (non-hydrogen) atoms. The summed E-state index contributed by atoms with van der Waals surface area (Å²) in [6, 6.07) is 4.32. The van der Waals surface area contributed by atoms with E-state index in [1.165, 1.54) is 17.0 Å². The number of rotatable bonds is 3. The third kappa shape index (κ3) is 2.91. The predicted octanol–water partition coefficient (Wildman–Crippen LogP) is 1.50. The molecule has 1 heterocycles. The minimum absolute atomic E-state index is 0.0982. The number of nitrogen functional groups attached to an aromatic ring is 1. The van der Waals surface area contributed by atoms with E-state index in [9.17, 15) is 9.59 Å². The second kappa shape index (κ2) is 5.92. The van der Waals surface area contributed by atoms with Crippen LogP contribution in [0.15, 0.2) is 18.2 Å². The molecule has 0 saturated carbocycles. The molecular weight excluding hydrogens is 260 g/mol. The normalized spacial score (nSPS) is 18.6. The number of aromatic carboxylic acids is 1. The van der Waals surface area contributed by atoms with Crippen molar-refractivity contribution in [1.82, 2.24) is 0 Å². The van der Waals surface area contributed by atoms with Gasteiger partial charge in [0.05, 0.1) is 16.9 Å². The first-order chi connectivity index (χ1) is 9.50. The SMILES string of the molecule is CN(C(=O)C1CCCCO1)c1ccc(C(=O)O)cc1N. The van der Waals surface area contributed by atoms with Crippen molar-refractivity contribution in [3.8, 4) is 0 Å². The molecule has 2 rings (SSSR count). The Morgan fingerprint density at radius 2 is 2.15 bits per heavy atom. The van der Waals surface area contributed by atoms with E-state index in [4.69, 9.17) is 15.6 Å². The highest BCUT2D eigenvalue weighted by Crippen LogP contribution is 2.25. The Kier molecular flexibility index (Phi) is 4.24. The van der Waals surface area contributed by atoms with Gasteiger partial charge in [-0.2, -0.15) is 0 Å². The maximum atomic E-state index is 12.3. The van der Waals surface area contributed by atoms with Gasteiger partial charge in [-0.1, -0.05) is 0 Å². The number of ether oxygens (including phenoxy) is 1. The summed E-state index contributed by atoms with van der Waals surface area (Å²) in [4.78, 5) is 24.6. The van der Waals surface area contributed by atoms with Crippen molar-refractivity contribution in [2.45, 2.75) is 25.4 Å². The number of anilines is 2. The molecule has 6 heteroatoms.